The molecule has 1 unspecified atom stereocenters. The molecule has 1 atom stereocenters. The molecule has 0 aromatic rings. The van der Waals surface area contributed by atoms with Gasteiger partial charge in [0, 0.05) is 0 Å². The Morgan fingerprint density at radius 3 is 2.25 bits per heavy atom. The van der Waals surface area contributed by atoms with Crippen LogP contribution in [-0.4, -0.2) is 10.7 Å². The second kappa shape index (κ2) is 1.73. The topological polar surface area (TPSA) is 20.2 Å². The molecule has 1 rings (SSSR count). The molecule has 0 spiro atoms. The largest absolute Gasteiger partial charge is 0.390 e. The minimum Gasteiger partial charge on any atom is -0.390 e. The molecule has 0 aliphatic heterocycles. The molecular weight excluding hydrogens is 100 g/mol. The highest BCUT2D eigenvalue weighted by Gasteiger charge is 2.44. The summed E-state index contributed by atoms with van der Waals surface area (Å²) in [5, 5.41) is 9.40. The SMILES string of the molecule is CCC(C)C1(O)CC1. The first-order valence-corrected chi connectivity index (χ1v) is 3.41. The molecule has 1 heteroatoms. The van der Waals surface area contributed by atoms with Gasteiger partial charge in [0.25, 0.3) is 0 Å². The van der Waals surface area contributed by atoms with E-state index in [-0.39, 0.29) is 5.60 Å². The van der Waals surface area contributed by atoms with Gasteiger partial charge in [-0.3, -0.25) is 0 Å². The van der Waals surface area contributed by atoms with Crippen LogP contribution in [0.1, 0.15) is 33.1 Å². The number of aliphatic hydroxyl groups is 1. The van der Waals surface area contributed by atoms with Crippen molar-refractivity contribution >= 4 is 0 Å². The van der Waals surface area contributed by atoms with Crippen molar-refractivity contribution in [2.45, 2.75) is 38.7 Å². The maximum Gasteiger partial charge on any atom is 0.0675 e. The number of hydrogen-bond acceptors (Lipinski definition) is 1. The summed E-state index contributed by atoms with van der Waals surface area (Å²) in [4.78, 5) is 0. The quantitative estimate of drug-likeness (QED) is 0.577. The van der Waals surface area contributed by atoms with Crippen LogP contribution in [0.15, 0.2) is 0 Å². The molecule has 1 nitrogen and oxygen atoms in total. The molecule has 0 radical (unpaired) electrons. The van der Waals surface area contributed by atoms with Crippen molar-refractivity contribution in [1.82, 2.24) is 0 Å². The lowest BCUT2D eigenvalue weighted by Gasteiger charge is -2.13. The Kier molecular flexibility index (Phi) is 1.31. The van der Waals surface area contributed by atoms with E-state index in [1.807, 2.05) is 0 Å². The van der Waals surface area contributed by atoms with E-state index in [0.29, 0.717) is 5.92 Å². The average molecular weight is 114 g/mol. The van der Waals surface area contributed by atoms with Gasteiger partial charge < -0.3 is 5.11 Å². The van der Waals surface area contributed by atoms with Crippen LogP contribution >= 0.6 is 0 Å². The van der Waals surface area contributed by atoms with Gasteiger partial charge >= 0.3 is 0 Å². The number of hydrogen-bond donors (Lipinski definition) is 1. The molecule has 1 aliphatic rings. The van der Waals surface area contributed by atoms with Crippen LogP contribution < -0.4 is 0 Å². The second-order valence-electron chi connectivity index (χ2n) is 2.91. The lowest BCUT2D eigenvalue weighted by Crippen LogP contribution is -2.17. The molecule has 0 aromatic carbocycles. The lowest BCUT2D eigenvalue weighted by atomic mass is 10.0. The van der Waals surface area contributed by atoms with E-state index < -0.39 is 0 Å². The molecule has 1 aliphatic carbocycles. The maximum atomic E-state index is 9.40. The van der Waals surface area contributed by atoms with Gasteiger partial charge in [-0.2, -0.15) is 0 Å². The Bertz CT molecular complexity index is 84.4. The van der Waals surface area contributed by atoms with E-state index in [9.17, 15) is 5.11 Å². The van der Waals surface area contributed by atoms with Gasteiger partial charge in [0.15, 0.2) is 0 Å². The Morgan fingerprint density at radius 1 is 1.62 bits per heavy atom. The van der Waals surface area contributed by atoms with Crippen molar-refractivity contribution in [1.29, 1.82) is 0 Å². The van der Waals surface area contributed by atoms with E-state index in [0.717, 1.165) is 19.3 Å². The molecule has 0 heterocycles. The monoisotopic (exact) mass is 114 g/mol. The van der Waals surface area contributed by atoms with Gasteiger partial charge in [-0.05, 0) is 18.8 Å². The van der Waals surface area contributed by atoms with Crippen molar-refractivity contribution in [2.24, 2.45) is 5.92 Å². The van der Waals surface area contributed by atoms with Crippen LogP contribution in [0.5, 0.6) is 0 Å². The Morgan fingerprint density at radius 2 is 2.12 bits per heavy atom. The van der Waals surface area contributed by atoms with Crippen LogP contribution in [0.25, 0.3) is 0 Å². The Hall–Kier alpha value is -0.0400. The van der Waals surface area contributed by atoms with Gasteiger partial charge in [-0.25, -0.2) is 0 Å². The Balaban J connectivity index is 2.34. The first-order chi connectivity index (χ1) is 3.69. The third kappa shape index (κ3) is 0.873. The molecule has 0 aromatic heterocycles. The van der Waals surface area contributed by atoms with Crippen molar-refractivity contribution in [3.8, 4) is 0 Å². The first kappa shape index (κ1) is 6.09. The minimum absolute atomic E-state index is 0.241. The summed E-state index contributed by atoms with van der Waals surface area (Å²) in [6.07, 6.45) is 3.17. The molecular formula is C7H14O. The summed E-state index contributed by atoms with van der Waals surface area (Å²) in [6.45, 7) is 4.24. The summed E-state index contributed by atoms with van der Waals surface area (Å²) in [5.74, 6) is 0.516. The third-order valence-corrected chi connectivity index (χ3v) is 2.29. The molecule has 48 valence electrons. The van der Waals surface area contributed by atoms with Crippen molar-refractivity contribution in [2.75, 3.05) is 0 Å². The zero-order chi connectivity index (χ0) is 6.20. The molecule has 1 fully saturated rings. The highest BCUT2D eigenvalue weighted by Crippen LogP contribution is 2.43. The smallest absolute Gasteiger partial charge is 0.0675 e. The van der Waals surface area contributed by atoms with E-state index in [1.54, 1.807) is 0 Å². The van der Waals surface area contributed by atoms with Crippen LogP contribution in [0.2, 0.25) is 0 Å². The predicted octanol–water partition coefficient (Wildman–Crippen LogP) is 1.56. The third-order valence-electron chi connectivity index (χ3n) is 2.29. The summed E-state index contributed by atoms with van der Waals surface area (Å²) < 4.78 is 0. The summed E-state index contributed by atoms with van der Waals surface area (Å²) in [6, 6.07) is 0. The van der Waals surface area contributed by atoms with E-state index >= 15 is 0 Å². The molecule has 0 saturated heterocycles. The van der Waals surface area contributed by atoms with E-state index in [1.165, 1.54) is 0 Å². The van der Waals surface area contributed by atoms with Gasteiger partial charge in [0.05, 0.1) is 5.60 Å². The number of rotatable bonds is 2. The van der Waals surface area contributed by atoms with Crippen LogP contribution in [0, 0.1) is 5.92 Å². The molecule has 1 N–H and O–H groups in total. The first-order valence-electron chi connectivity index (χ1n) is 3.41. The van der Waals surface area contributed by atoms with Gasteiger partial charge in [-0.1, -0.05) is 20.3 Å². The average Bonchev–Trinajstić information content (AvgIpc) is 2.47. The molecule has 8 heavy (non-hydrogen) atoms. The van der Waals surface area contributed by atoms with Crippen molar-refractivity contribution < 1.29 is 5.11 Å². The zero-order valence-corrected chi connectivity index (χ0v) is 5.65. The normalized spacial score (nSPS) is 27.4. The molecule has 0 amide bonds. The summed E-state index contributed by atoms with van der Waals surface area (Å²) >= 11 is 0. The van der Waals surface area contributed by atoms with Crippen LogP contribution in [-0.2, 0) is 0 Å². The fourth-order valence-electron chi connectivity index (χ4n) is 1.00. The highest BCUT2D eigenvalue weighted by atomic mass is 16.3. The fraction of sp³-hybridized carbons (Fsp3) is 1.00. The van der Waals surface area contributed by atoms with Gasteiger partial charge in [0.1, 0.15) is 0 Å². The van der Waals surface area contributed by atoms with Crippen molar-refractivity contribution in [3.63, 3.8) is 0 Å². The van der Waals surface area contributed by atoms with Crippen LogP contribution in [0.3, 0.4) is 0 Å². The predicted molar refractivity (Wildman–Crippen MR) is 33.6 cm³/mol. The standard InChI is InChI=1S/C7H14O/c1-3-6(2)7(8)4-5-7/h6,8H,3-5H2,1-2H3. The minimum atomic E-state index is -0.241. The van der Waals surface area contributed by atoms with Gasteiger partial charge in [-0.15, -0.1) is 0 Å². The summed E-state index contributed by atoms with van der Waals surface area (Å²) in [5.41, 5.74) is -0.241. The van der Waals surface area contributed by atoms with Gasteiger partial charge in [0.2, 0.25) is 0 Å². The molecule has 0 bridgehead atoms. The summed E-state index contributed by atoms with van der Waals surface area (Å²) in [7, 11) is 0. The fourth-order valence-corrected chi connectivity index (χ4v) is 1.00. The van der Waals surface area contributed by atoms with Crippen molar-refractivity contribution in [3.05, 3.63) is 0 Å². The van der Waals surface area contributed by atoms with E-state index in [4.69, 9.17) is 0 Å². The Labute approximate surface area is 50.7 Å². The van der Waals surface area contributed by atoms with E-state index in [2.05, 4.69) is 13.8 Å². The maximum absolute atomic E-state index is 9.40. The molecule has 1 saturated carbocycles. The van der Waals surface area contributed by atoms with Crippen LogP contribution in [0.4, 0.5) is 0 Å². The lowest BCUT2D eigenvalue weighted by molar-refractivity contribution is 0.0889. The zero-order valence-electron chi connectivity index (χ0n) is 5.65. The second-order valence-corrected chi connectivity index (χ2v) is 2.91. The highest BCUT2D eigenvalue weighted by molar-refractivity contribution is 4.96.